The van der Waals surface area contributed by atoms with Crippen molar-refractivity contribution in [2.45, 2.75) is 0 Å². The smallest absolute Gasteiger partial charge is 0.136 e. The van der Waals surface area contributed by atoms with Crippen molar-refractivity contribution in [3.05, 3.63) is 206 Å². The fourth-order valence-electron chi connectivity index (χ4n) is 8.42. The number of hydrogen-bond acceptors (Lipinski definition) is 2. The quantitative estimate of drug-likeness (QED) is 0.172. The lowest BCUT2D eigenvalue weighted by Crippen LogP contribution is -2.10. The highest BCUT2D eigenvalue weighted by molar-refractivity contribution is 6.09. The number of para-hydroxylation sites is 3. The van der Waals surface area contributed by atoms with Crippen molar-refractivity contribution < 1.29 is 4.42 Å². The maximum atomic E-state index is 6.30. The van der Waals surface area contributed by atoms with Gasteiger partial charge >= 0.3 is 0 Å². The minimum Gasteiger partial charge on any atom is -0.456 e. The molecular formula is C52H34N2O. The SMILES string of the molecule is c1cc(-c2ccc3c(c2)oc2ccccc23)cc(N(c2ccc(-c3cccc4ccccc34)cc2)c2cccc(-n3c4ccccc4c4ccccc43)c2)c1. The molecule has 11 aromatic rings. The number of hydrogen-bond donors (Lipinski definition) is 0. The first-order valence-electron chi connectivity index (χ1n) is 18.8. The summed E-state index contributed by atoms with van der Waals surface area (Å²) in [5, 5.41) is 7.26. The molecule has 0 aliphatic heterocycles. The van der Waals surface area contributed by atoms with E-state index in [-0.39, 0.29) is 0 Å². The molecule has 0 radical (unpaired) electrons. The van der Waals surface area contributed by atoms with Crippen LogP contribution in [0.15, 0.2) is 211 Å². The number of aromatic nitrogens is 1. The molecule has 0 spiro atoms. The van der Waals surface area contributed by atoms with E-state index >= 15 is 0 Å². The molecule has 0 amide bonds. The Morgan fingerprint density at radius 3 is 1.73 bits per heavy atom. The van der Waals surface area contributed by atoms with Crippen LogP contribution in [0.5, 0.6) is 0 Å². The van der Waals surface area contributed by atoms with Crippen LogP contribution < -0.4 is 4.90 Å². The number of fused-ring (bicyclic) bond motifs is 7. The van der Waals surface area contributed by atoms with Crippen molar-refractivity contribution in [2.24, 2.45) is 0 Å². The van der Waals surface area contributed by atoms with E-state index in [1.165, 1.54) is 43.7 Å². The van der Waals surface area contributed by atoms with Crippen molar-refractivity contribution in [3.63, 3.8) is 0 Å². The molecule has 55 heavy (non-hydrogen) atoms. The molecule has 0 bridgehead atoms. The first-order valence-corrected chi connectivity index (χ1v) is 18.8. The lowest BCUT2D eigenvalue weighted by atomic mass is 9.98. The van der Waals surface area contributed by atoms with Crippen molar-refractivity contribution >= 4 is 71.6 Å². The Kier molecular flexibility index (Phi) is 7.17. The van der Waals surface area contributed by atoms with Crippen molar-refractivity contribution in [1.29, 1.82) is 0 Å². The van der Waals surface area contributed by atoms with Gasteiger partial charge in [-0.15, -0.1) is 0 Å². The third-order valence-corrected chi connectivity index (χ3v) is 11.0. The van der Waals surface area contributed by atoms with Gasteiger partial charge in [0.15, 0.2) is 0 Å². The van der Waals surface area contributed by atoms with Crippen LogP contribution in [0.4, 0.5) is 17.1 Å². The number of furan rings is 1. The zero-order valence-corrected chi connectivity index (χ0v) is 29.9. The average molecular weight is 703 g/mol. The van der Waals surface area contributed by atoms with Gasteiger partial charge in [0.2, 0.25) is 0 Å². The summed E-state index contributed by atoms with van der Waals surface area (Å²) in [6.07, 6.45) is 0. The molecule has 9 aromatic carbocycles. The largest absolute Gasteiger partial charge is 0.456 e. The lowest BCUT2D eigenvalue weighted by Gasteiger charge is -2.27. The van der Waals surface area contributed by atoms with Crippen LogP contribution in [0.1, 0.15) is 0 Å². The van der Waals surface area contributed by atoms with Crippen molar-refractivity contribution in [3.8, 4) is 27.9 Å². The van der Waals surface area contributed by atoms with Crippen molar-refractivity contribution in [1.82, 2.24) is 4.57 Å². The van der Waals surface area contributed by atoms with Crippen LogP contribution in [0, 0.1) is 0 Å². The predicted molar refractivity (Wildman–Crippen MR) is 231 cm³/mol. The number of anilines is 3. The Morgan fingerprint density at radius 2 is 0.927 bits per heavy atom. The Bertz CT molecular complexity index is 3160. The van der Waals surface area contributed by atoms with Crippen molar-refractivity contribution in [2.75, 3.05) is 4.90 Å². The van der Waals surface area contributed by atoms with E-state index in [2.05, 4.69) is 204 Å². The van der Waals surface area contributed by atoms with Crippen LogP contribution in [0.25, 0.3) is 82.5 Å². The molecule has 0 aliphatic carbocycles. The third kappa shape index (κ3) is 5.20. The molecule has 0 fully saturated rings. The zero-order valence-electron chi connectivity index (χ0n) is 29.9. The number of benzene rings is 9. The van der Waals surface area contributed by atoms with E-state index in [0.29, 0.717) is 0 Å². The topological polar surface area (TPSA) is 21.3 Å². The molecule has 0 saturated carbocycles. The number of rotatable bonds is 6. The highest BCUT2D eigenvalue weighted by Crippen LogP contribution is 2.41. The van der Waals surface area contributed by atoms with Gasteiger partial charge in [0.25, 0.3) is 0 Å². The summed E-state index contributed by atoms with van der Waals surface area (Å²) >= 11 is 0. The molecule has 2 aromatic heterocycles. The summed E-state index contributed by atoms with van der Waals surface area (Å²) < 4.78 is 8.69. The fraction of sp³-hybridized carbons (Fsp3) is 0. The van der Waals surface area contributed by atoms with Gasteiger partial charge in [-0.3, -0.25) is 0 Å². The van der Waals surface area contributed by atoms with Gasteiger partial charge < -0.3 is 13.9 Å². The summed E-state index contributed by atoms with van der Waals surface area (Å²) in [6.45, 7) is 0. The van der Waals surface area contributed by atoms with E-state index in [4.69, 9.17) is 4.42 Å². The molecule has 0 N–H and O–H groups in total. The van der Waals surface area contributed by atoms with E-state index in [1.54, 1.807) is 0 Å². The monoisotopic (exact) mass is 702 g/mol. The summed E-state index contributed by atoms with van der Waals surface area (Å²) in [5.74, 6) is 0. The van der Waals surface area contributed by atoms with E-state index in [0.717, 1.165) is 55.8 Å². The second-order valence-electron chi connectivity index (χ2n) is 14.2. The first kappa shape index (κ1) is 31.2. The standard InChI is InChI=1S/C52H34N2O/c1-2-18-43-35(12-1)13-10-22-44(43)36-26-29-39(30-27-36)53(40-15-9-14-37(32-40)38-28-31-48-47-21-5-8-25-51(47)55-52(48)33-38)41-16-11-17-42(34-41)54-49-23-6-3-19-45(49)46-20-4-7-24-50(46)54/h1-34H. The van der Waals surface area contributed by atoms with Gasteiger partial charge in [0.05, 0.1) is 11.0 Å². The fourth-order valence-corrected chi connectivity index (χ4v) is 8.42. The molecule has 2 heterocycles. The highest BCUT2D eigenvalue weighted by Gasteiger charge is 2.18. The summed E-state index contributed by atoms with van der Waals surface area (Å²) in [7, 11) is 0. The minimum absolute atomic E-state index is 0.892. The maximum absolute atomic E-state index is 6.30. The van der Waals surface area contributed by atoms with Crippen LogP contribution in [-0.2, 0) is 0 Å². The zero-order chi connectivity index (χ0) is 36.3. The molecule has 0 saturated heterocycles. The Balaban J connectivity index is 1.07. The molecule has 258 valence electrons. The van der Waals surface area contributed by atoms with E-state index < -0.39 is 0 Å². The van der Waals surface area contributed by atoms with Gasteiger partial charge in [-0.1, -0.05) is 133 Å². The first-order chi connectivity index (χ1) is 27.3. The van der Waals surface area contributed by atoms with Crippen LogP contribution >= 0.6 is 0 Å². The Labute approximate surface area is 318 Å². The molecule has 0 atom stereocenters. The molecular weight excluding hydrogens is 669 g/mol. The van der Waals surface area contributed by atoms with Gasteiger partial charge in [-0.25, -0.2) is 0 Å². The minimum atomic E-state index is 0.892. The van der Waals surface area contributed by atoms with E-state index in [9.17, 15) is 0 Å². The second-order valence-corrected chi connectivity index (χ2v) is 14.2. The Hall–Kier alpha value is -7.36. The molecule has 11 rings (SSSR count). The third-order valence-electron chi connectivity index (χ3n) is 11.0. The summed E-state index contributed by atoms with van der Waals surface area (Å²) in [4.78, 5) is 2.37. The van der Waals surface area contributed by atoms with Gasteiger partial charge in [-0.05, 0) is 106 Å². The van der Waals surface area contributed by atoms with Crippen LogP contribution in [0.2, 0.25) is 0 Å². The Morgan fingerprint density at radius 1 is 0.345 bits per heavy atom. The molecule has 0 aliphatic rings. The van der Waals surface area contributed by atoms with Crippen LogP contribution in [0.3, 0.4) is 0 Å². The highest BCUT2D eigenvalue weighted by atomic mass is 16.3. The van der Waals surface area contributed by atoms with Gasteiger partial charge in [0, 0.05) is 44.3 Å². The van der Waals surface area contributed by atoms with E-state index in [1.807, 2.05) is 12.1 Å². The molecule has 0 unspecified atom stereocenters. The normalized spacial score (nSPS) is 11.6. The maximum Gasteiger partial charge on any atom is 0.136 e. The lowest BCUT2D eigenvalue weighted by molar-refractivity contribution is 0.669. The predicted octanol–water partition coefficient (Wildman–Crippen LogP) is 14.6. The second kappa shape index (κ2) is 12.6. The van der Waals surface area contributed by atoms with Gasteiger partial charge in [-0.2, -0.15) is 0 Å². The summed E-state index contributed by atoms with van der Waals surface area (Å²) in [5.41, 5.74) is 13.2. The summed E-state index contributed by atoms with van der Waals surface area (Å²) in [6, 6.07) is 74.0. The average Bonchev–Trinajstić information content (AvgIpc) is 3.80. The van der Waals surface area contributed by atoms with Gasteiger partial charge in [0.1, 0.15) is 11.2 Å². The molecule has 3 nitrogen and oxygen atoms in total. The number of nitrogens with zero attached hydrogens (tertiary/aromatic N) is 2. The van der Waals surface area contributed by atoms with Crippen LogP contribution in [-0.4, -0.2) is 4.57 Å². The molecule has 3 heteroatoms.